The van der Waals surface area contributed by atoms with Crippen LogP contribution in [0.1, 0.15) is 12.5 Å². The van der Waals surface area contributed by atoms with Gasteiger partial charge in [0.15, 0.2) is 10.2 Å². The number of rotatable bonds is 2. The summed E-state index contributed by atoms with van der Waals surface area (Å²) in [6, 6.07) is 7.48. The molecule has 3 nitrogen and oxygen atoms in total. The Morgan fingerprint density at radius 2 is 1.94 bits per heavy atom. The topological polar surface area (TPSA) is 50.4 Å². The zero-order chi connectivity index (χ0) is 13.5. The Morgan fingerprint density at radius 1 is 1.33 bits per heavy atom. The molecule has 1 rings (SSSR count). The van der Waals surface area contributed by atoms with Crippen LogP contribution in [-0.4, -0.2) is 15.9 Å². The van der Waals surface area contributed by atoms with E-state index in [0.29, 0.717) is 5.02 Å². The Morgan fingerprint density at radius 3 is 2.50 bits per heavy atom. The largest absolute Gasteiger partial charge is 0.376 e. The van der Waals surface area contributed by atoms with Gasteiger partial charge in [0, 0.05) is 10.7 Å². The molecule has 94 valence electrons. The zero-order valence-electron chi connectivity index (χ0n) is 9.68. The van der Waals surface area contributed by atoms with E-state index in [1.165, 1.54) is 0 Å². The predicted molar refractivity (Wildman–Crippen MR) is 86.1 cm³/mol. The molecule has 0 saturated carbocycles. The van der Waals surface area contributed by atoms with Crippen LogP contribution in [0, 0.1) is 0 Å². The lowest BCUT2D eigenvalue weighted by molar-refractivity contribution is 1.35. The van der Waals surface area contributed by atoms with Crippen molar-refractivity contribution in [3.8, 4) is 0 Å². The summed E-state index contributed by atoms with van der Waals surface area (Å²) in [6.45, 7) is 1.83. The minimum absolute atomic E-state index is 0.109. The smallest absolute Gasteiger partial charge is 0.199 e. The van der Waals surface area contributed by atoms with Crippen LogP contribution in [0.2, 0.25) is 5.02 Å². The highest BCUT2D eigenvalue weighted by molar-refractivity contribution is 7.81. The highest BCUT2D eigenvalue weighted by Gasteiger charge is 1.94. The number of nitrogens with zero attached hydrogens (tertiary/aromatic N) is 1. The van der Waals surface area contributed by atoms with Gasteiger partial charge in [0.05, 0.1) is 0 Å². The number of allylic oxidation sites excluding steroid dienone is 1. The summed E-state index contributed by atoms with van der Waals surface area (Å²) in [7, 11) is 0. The lowest BCUT2D eigenvalue weighted by Gasteiger charge is -2.00. The van der Waals surface area contributed by atoms with Crippen molar-refractivity contribution in [2.24, 2.45) is 10.7 Å². The van der Waals surface area contributed by atoms with Crippen LogP contribution in [-0.2, 0) is 0 Å². The molecule has 0 aliphatic heterocycles. The summed E-state index contributed by atoms with van der Waals surface area (Å²) in [5.41, 5.74) is 7.06. The number of hydrogen-bond acceptors (Lipinski definition) is 2. The number of aliphatic imine (C=N–C) groups is 1. The van der Waals surface area contributed by atoms with Crippen molar-refractivity contribution in [3.63, 3.8) is 0 Å². The molecule has 0 aromatic heterocycles. The number of hydrogen-bond donors (Lipinski definition) is 2. The molecule has 0 heterocycles. The second kappa shape index (κ2) is 7.20. The van der Waals surface area contributed by atoms with Gasteiger partial charge in [-0.2, -0.15) is 0 Å². The molecular formula is C12H12ClN3S2. The molecule has 0 saturated heterocycles. The lowest BCUT2D eigenvalue weighted by atomic mass is 10.2. The molecule has 0 fully saturated rings. The Hall–Kier alpha value is -1.30. The van der Waals surface area contributed by atoms with Gasteiger partial charge in [-0.15, -0.1) is 0 Å². The molecule has 1 aromatic rings. The van der Waals surface area contributed by atoms with E-state index in [0.717, 1.165) is 11.3 Å². The van der Waals surface area contributed by atoms with E-state index in [-0.39, 0.29) is 10.2 Å². The Balaban J connectivity index is 2.66. The Kier molecular flexibility index (Phi) is 5.91. The fraction of sp³-hybridized carbons (Fsp3) is 0.0833. The second-order valence-corrected chi connectivity index (χ2v) is 4.70. The first-order chi connectivity index (χ1) is 8.47. The predicted octanol–water partition coefficient (Wildman–Crippen LogP) is 2.93. The van der Waals surface area contributed by atoms with Crippen molar-refractivity contribution in [2.45, 2.75) is 6.92 Å². The van der Waals surface area contributed by atoms with Gasteiger partial charge in [0.25, 0.3) is 0 Å². The van der Waals surface area contributed by atoms with Gasteiger partial charge in [-0.3, -0.25) is 0 Å². The zero-order valence-corrected chi connectivity index (χ0v) is 12.1. The average Bonchev–Trinajstić information content (AvgIpc) is 2.27. The fourth-order valence-electron chi connectivity index (χ4n) is 1.12. The molecule has 0 aliphatic rings. The van der Waals surface area contributed by atoms with Crippen LogP contribution in [0.5, 0.6) is 0 Å². The fourth-order valence-corrected chi connectivity index (χ4v) is 1.66. The maximum absolute atomic E-state index is 5.79. The molecule has 18 heavy (non-hydrogen) atoms. The summed E-state index contributed by atoms with van der Waals surface area (Å²) in [5, 5.41) is 3.65. The summed E-state index contributed by atoms with van der Waals surface area (Å²) in [4.78, 5) is 4.11. The number of thiocarbonyl (C=S) groups is 2. The molecule has 0 amide bonds. The molecule has 0 bridgehead atoms. The molecule has 1 aromatic carbocycles. The van der Waals surface area contributed by atoms with Gasteiger partial charge in [-0.05, 0) is 55.1 Å². The third-order valence-corrected chi connectivity index (χ3v) is 2.44. The average molecular weight is 298 g/mol. The highest BCUT2D eigenvalue weighted by Crippen LogP contribution is 2.10. The number of nitrogens with two attached hydrogens (primary N) is 1. The highest BCUT2D eigenvalue weighted by atomic mass is 35.5. The molecule has 0 radical (unpaired) electrons. The van der Waals surface area contributed by atoms with E-state index in [2.05, 4.69) is 22.5 Å². The van der Waals surface area contributed by atoms with E-state index in [1.54, 1.807) is 0 Å². The van der Waals surface area contributed by atoms with E-state index < -0.39 is 0 Å². The number of halogens is 1. The molecular weight excluding hydrogens is 286 g/mol. The van der Waals surface area contributed by atoms with Gasteiger partial charge in [-0.1, -0.05) is 29.8 Å². The van der Waals surface area contributed by atoms with Crippen LogP contribution in [0.3, 0.4) is 0 Å². The van der Waals surface area contributed by atoms with E-state index in [1.807, 2.05) is 43.3 Å². The first kappa shape index (κ1) is 14.8. The van der Waals surface area contributed by atoms with Crippen LogP contribution >= 0.6 is 36.0 Å². The third kappa shape index (κ3) is 5.86. The Bertz CT molecular complexity index is 507. The van der Waals surface area contributed by atoms with E-state index in [4.69, 9.17) is 29.6 Å². The molecule has 6 heteroatoms. The van der Waals surface area contributed by atoms with Crippen LogP contribution < -0.4 is 11.1 Å². The third-order valence-electron chi connectivity index (χ3n) is 1.90. The first-order valence-corrected chi connectivity index (χ1v) is 6.26. The SMILES string of the molecule is CC(C=Cc1ccc(Cl)cc1)=NC(=S)NC(N)=S. The van der Waals surface area contributed by atoms with Crippen LogP contribution in [0.25, 0.3) is 6.08 Å². The minimum atomic E-state index is 0.109. The monoisotopic (exact) mass is 297 g/mol. The Labute approximate surface area is 122 Å². The second-order valence-electron chi connectivity index (χ2n) is 3.43. The van der Waals surface area contributed by atoms with Crippen molar-refractivity contribution in [1.82, 2.24) is 5.32 Å². The number of benzene rings is 1. The van der Waals surface area contributed by atoms with Gasteiger partial charge in [0.1, 0.15) is 0 Å². The van der Waals surface area contributed by atoms with Crippen molar-refractivity contribution in [3.05, 3.63) is 40.9 Å². The normalized spacial score (nSPS) is 11.6. The van der Waals surface area contributed by atoms with Gasteiger partial charge in [0.2, 0.25) is 0 Å². The van der Waals surface area contributed by atoms with Crippen molar-refractivity contribution < 1.29 is 0 Å². The summed E-state index contributed by atoms with van der Waals surface area (Å²) >= 11 is 15.4. The van der Waals surface area contributed by atoms with Crippen molar-refractivity contribution in [2.75, 3.05) is 0 Å². The summed E-state index contributed by atoms with van der Waals surface area (Å²) in [6.07, 6.45) is 3.76. The van der Waals surface area contributed by atoms with Crippen molar-refractivity contribution >= 4 is 58.0 Å². The first-order valence-electron chi connectivity index (χ1n) is 5.07. The van der Waals surface area contributed by atoms with Crippen molar-refractivity contribution in [1.29, 1.82) is 0 Å². The van der Waals surface area contributed by atoms with Gasteiger partial charge >= 0.3 is 0 Å². The van der Waals surface area contributed by atoms with Crippen LogP contribution in [0.4, 0.5) is 0 Å². The van der Waals surface area contributed by atoms with E-state index >= 15 is 0 Å². The molecule has 3 N–H and O–H groups in total. The van der Waals surface area contributed by atoms with E-state index in [9.17, 15) is 0 Å². The molecule has 0 atom stereocenters. The quantitative estimate of drug-likeness (QED) is 0.651. The van der Waals surface area contributed by atoms with Gasteiger partial charge in [-0.25, -0.2) is 4.99 Å². The summed E-state index contributed by atoms with van der Waals surface area (Å²) < 4.78 is 0. The minimum Gasteiger partial charge on any atom is -0.376 e. The maximum Gasteiger partial charge on any atom is 0.199 e. The standard InChI is InChI=1S/C12H12ClN3S2/c1-8(15-12(18)16-11(14)17)2-3-9-4-6-10(13)7-5-9/h2-7H,1H3,(H3,14,16,17,18). The van der Waals surface area contributed by atoms with Gasteiger partial charge < -0.3 is 11.1 Å². The molecule has 0 unspecified atom stereocenters. The maximum atomic E-state index is 5.79. The summed E-state index contributed by atoms with van der Waals surface area (Å²) in [5.74, 6) is 0. The van der Waals surface area contributed by atoms with Crippen LogP contribution in [0.15, 0.2) is 35.3 Å². The molecule has 0 aliphatic carbocycles. The number of nitrogens with one attached hydrogen (secondary N) is 1. The molecule has 0 spiro atoms. The lowest BCUT2D eigenvalue weighted by Crippen LogP contribution is -2.32.